The fraction of sp³-hybridized carbons (Fsp3) is 0.143. The summed E-state index contributed by atoms with van der Waals surface area (Å²) in [5, 5.41) is 4.54. The van der Waals surface area contributed by atoms with Gasteiger partial charge in [-0.05, 0) is 36.0 Å². The third-order valence-electron chi connectivity index (χ3n) is 4.17. The van der Waals surface area contributed by atoms with Crippen LogP contribution in [0.3, 0.4) is 0 Å². The molecule has 1 aliphatic heterocycles. The van der Waals surface area contributed by atoms with Crippen molar-refractivity contribution in [3.05, 3.63) is 76.4 Å². The molecule has 0 atom stereocenters. The summed E-state index contributed by atoms with van der Waals surface area (Å²) in [6, 6.07) is 14.4. The fourth-order valence-corrected chi connectivity index (χ4v) is 3.50. The maximum absolute atomic E-state index is 13.8. The molecular weight excluding hydrogens is 409 g/mol. The van der Waals surface area contributed by atoms with E-state index in [1.807, 2.05) is 0 Å². The highest BCUT2D eigenvalue weighted by atomic mass is 32.2. The molecule has 1 aliphatic rings. The molecule has 3 rings (SSSR count). The Labute approximate surface area is 176 Å². The number of carbonyl (C=O) groups excluding carboxylic acids is 4. The molecule has 1 heterocycles. The van der Waals surface area contributed by atoms with Gasteiger partial charge < -0.3 is 10.6 Å². The molecule has 2 N–H and O–H groups in total. The van der Waals surface area contributed by atoms with E-state index in [0.29, 0.717) is 5.56 Å². The van der Waals surface area contributed by atoms with Gasteiger partial charge in [0.2, 0.25) is 5.91 Å². The van der Waals surface area contributed by atoms with Crippen LogP contribution in [0.25, 0.3) is 6.08 Å². The molecule has 4 amide bonds. The highest BCUT2D eigenvalue weighted by Crippen LogP contribution is 2.32. The number of thioether (sulfide) groups is 1. The molecule has 9 heteroatoms. The number of rotatable bonds is 7. The minimum Gasteiger partial charge on any atom is -0.353 e. The number of nitrogens with zero attached hydrogens (tertiary/aromatic N) is 1. The lowest BCUT2D eigenvalue weighted by Gasteiger charge is -2.13. The van der Waals surface area contributed by atoms with Crippen LogP contribution >= 0.6 is 11.8 Å². The van der Waals surface area contributed by atoms with Crippen molar-refractivity contribution in [3.8, 4) is 0 Å². The van der Waals surface area contributed by atoms with Crippen LogP contribution in [0.15, 0.2) is 59.5 Å². The average Bonchev–Trinajstić information content (AvgIpc) is 3.01. The number of amides is 4. The number of benzene rings is 2. The number of carbonyl (C=O) groups is 4. The molecule has 0 bridgehead atoms. The lowest BCUT2D eigenvalue weighted by atomic mass is 10.2. The minimum atomic E-state index is -0.542. The van der Waals surface area contributed by atoms with Gasteiger partial charge in [-0.15, -0.1) is 0 Å². The van der Waals surface area contributed by atoms with Crippen LogP contribution in [-0.4, -0.2) is 47.5 Å². The van der Waals surface area contributed by atoms with Gasteiger partial charge in [-0.3, -0.25) is 24.1 Å². The third kappa shape index (κ3) is 5.32. The molecule has 154 valence electrons. The number of imide groups is 1. The Morgan fingerprint density at radius 3 is 2.43 bits per heavy atom. The number of hydrogen-bond acceptors (Lipinski definition) is 5. The van der Waals surface area contributed by atoms with Gasteiger partial charge >= 0.3 is 0 Å². The van der Waals surface area contributed by atoms with E-state index in [-0.39, 0.29) is 36.0 Å². The lowest BCUT2D eigenvalue weighted by molar-refractivity contribution is -0.124. The molecule has 0 aromatic heterocycles. The van der Waals surface area contributed by atoms with Gasteiger partial charge in [0.05, 0.1) is 11.4 Å². The summed E-state index contributed by atoms with van der Waals surface area (Å²) in [7, 11) is 0. The molecule has 2 aromatic carbocycles. The normalized spacial score (nSPS) is 14.8. The van der Waals surface area contributed by atoms with Gasteiger partial charge in [0.1, 0.15) is 5.82 Å². The SMILES string of the molecule is O=C(CNC(=O)c1ccccc1)NCCN1C(=O)S/C(=C/c2ccccc2F)C1=O. The van der Waals surface area contributed by atoms with Crippen molar-refractivity contribution in [1.82, 2.24) is 15.5 Å². The quantitative estimate of drug-likeness (QED) is 0.662. The standard InChI is InChI=1S/C21H18FN3O4S/c22-16-9-5-4-8-15(16)12-17-20(28)25(21(29)30-17)11-10-23-18(26)13-24-19(27)14-6-2-1-3-7-14/h1-9,12H,10-11,13H2,(H,23,26)(H,24,27)/b17-12+. The molecule has 7 nitrogen and oxygen atoms in total. The van der Waals surface area contributed by atoms with Crippen molar-refractivity contribution < 1.29 is 23.6 Å². The predicted molar refractivity (Wildman–Crippen MR) is 111 cm³/mol. The van der Waals surface area contributed by atoms with Crippen LogP contribution in [0.5, 0.6) is 0 Å². The summed E-state index contributed by atoms with van der Waals surface area (Å²) in [6.45, 7) is -0.231. The number of halogens is 1. The van der Waals surface area contributed by atoms with Gasteiger partial charge in [0.15, 0.2) is 0 Å². The van der Waals surface area contributed by atoms with E-state index in [0.717, 1.165) is 16.7 Å². The lowest BCUT2D eigenvalue weighted by Crippen LogP contribution is -2.41. The molecule has 30 heavy (non-hydrogen) atoms. The Kier molecular flexibility index (Phi) is 6.97. The van der Waals surface area contributed by atoms with Crippen molar-refractivity contribution in [2.24, 2.45) is 0 Å². The summed E-state index contributed by atoms with van der Waals surface area (Å²) in [5.74, 6) is -1.86. The number of hydrogen-bond donors (Lipinski definition) is 2. The first-order valence-electron chi connectivity index (χ1n) is 9.05. The molecule has 0 aliphatic carbocycles. The zero-order valence-corrected chi connectivity index (χ0v) is 16.6. The van der Waals surface area contributed by atoms with Crippen LogP contribution in [0.2, 0.25) is 0 Å². The maximum atomic E-state index is 13.8. The van der Waals surface area contributed by atoms with Crippen LogP contribution in [0, 0.1) is 5.82 Å². The van der Waals surface area contributed by atoms with Gasteiger partial charge in [0.25, 0.3) is 17.1 Å². The van der Waals surface area contributed by atoms with Gasteiger partial charge in [-0.25, -0.2) is 4.39 Å². The average molecular weight is 427 g/mol. The van der Waals surface area contributed by atoms with Crippen LogP contribution in [0.4, 0.5) is 9.18 Å². The van der Waals surface area contributed by atoms with Gasteiger partial charge in [0, 0.05) is 24.2 Å². The molecule has 1 fully saturated rings. The topological polar surface area (TPSA) is 95.6 Å². The second-order valence-corrected chi connectivity index (χ2v) is 7.25. The first-order valence-corrected chi connectivity index (χ1v) is 9.87. The Morgan fingerprint density at radius 1 is 1.00 bits per heavy atom. The monoisotopic (exact) mass is 427 g/mol. The first-order chi connectivity index (χ1) is 14.5. The summed E-state index contributed by atoms with van der Waals surface area (Å²) >= 11 is 0.718. The molecule has 0 unspecified atom stereocenters. The first kappa shape index (κ1) is 21.3. The van der Waals surface area contributed by atoms with E-state index in [4.69, 9.17) is 0 Å². The Bertz CT molecular complexity index is 1010. The van der Waals surface area contributed by atoms with E-state index < -0.39 is 22.9 Å². The van der Waals surface area contributed by atoms with Crippen molar-refractivity contribution >= 4 is 40.8 Å². The van der Waals surface area contributed by atoms with Crippen LogP contribution < -0.4 is 10.6 Å². The summed E-state index contributed by atoms with van der Waals surface area (Å²) < 4.78 is 13.8. The second-order valence-electron chi connectivity index (χ2n) is 6.25. The zero-order valence-electron chi connectivity index (χ0n) is 15.8. The molecule has 0 saturated carbocycles. The summed E-state index contributed by atoms with van der Waals surface area (Å²) in [5.41, 5.74) is 0.648. The van der Waals surface area contributed by atoms with E-state index in [2.05, 4.69) is 10.6 Å². The highest BCUT2D eigenvalue weighted by molar-refractivity contribution is 8.18. The highest BCUT2D eigenvalue weighted by Gasteiger charge is 2.34. The number of nitrogens with one attached hydrogen (secondary N) is 2. The van der Waals surface area contributed by atoms with Crippen LogP contribution in [-0.2, 0) is 9.59 Å². The summed E-state index contributed by atoms with van der Waals surface area (Å²) in [4.78, 5) is 49.4. The van der Waals surface area contributed by atoms with E-state index >= 15 is 0 Å². The molecule has 0 radical (unpaired) electrons. The summed E-state index contributed by atoms with van der Waals surface area (Å²) in [6.07, 6.45) is 1.33. The Hall–Kier alpha value is -3.46. The van der Waals surface area contributed by atoms with E-state index in [9.17, 15) is 23.6 Å². The molecule has 1 saturated heterocycles. The van der Waals surface area contributed by atoms with Crippen molar-refractivity contribution in [2.75, 3.05) is 19.6 Å². The van der Waals surface area contributed by atoms with Gasteiger partial charge in [-0.1, -0.05) is 36.4 Å². The van der Waals surface area contributed by atoms with Crippen LogP contribution in [0.1, 0.15) is 15.9 Å². The fourth-order valence-electron chi connectivity index (χ4n) is 2.65. The van der Waals surface area contributed by atoms with Crippen molar-refractivity contribution in [1.29, 1.82) is 0 Å². The smallest absolute Gasteiger partial charge is 0.293 e. The van der Waals surface area contributed by atoms with Crippen molar-refractivity contribution in [2.45, 2.75) is 0 Å². The Morgan fingerprint density at radius 2 is 1.70 bits per heavy atom. The molecular formula is C21H18FN3O4S. The third-order valence-corrected chi connectivity index (χ3v) is 5.08. The van der Waals surface area contributed by atoms with Crippen molar-refractivity contribution in [3.63, 3.8) is 0 Å². The second kappa shape index (κ2) is 9.84. The minimum absolute atomic E-state index is 0.0301. The molecule has 0 spiro atoms. The largest absolute Gasteiger partial charge is 0.353 e. The predicted octanol–water partition coefficient (Wildman–Crippen LogP) is 2.41. The molecule has 2 aromatic rings. The zero-order chi connectivity index (χ0) is 21.5. The maximum Gasteiger partial charge on any atom is 0.293 e. The Balaban J connectivity index is 1.47. The van der Waals surface area contributed by atoms with E-state index in [1.165, 1.54) is 24.3 Å². The van der Waals surface area contributed by atoms with Gasteiger partial charge in [-0.2, -0.15) is 0 Å². The van der Waals surface area contributed by atoms with E-state index in [1.54, 1.807) is 36.4 Å².